The van der Waals surface area contributed by atoms with Gasteiger partial charge in [0.25, 0.3) is 0 Å². The van der Waals surface area contributed by atoms with Crippen molar-refractivity contribution in [1.29, 1.82) is 5.26 Å². The average molecular weight is 210 g/mol. The van der Waals surface area contributed by atoms with Crippen molar-refractivity contribution in [1.82, 2.24) is 0 Å². The van der Waals surface area contributed by atoms with Gasteiger partial charge >= 0.3 is 0 Å². The Morgan fingerprint density at radius 1 is 1.38 bits per heavy atom. The van der Waals surface area contributed by atoms with Crippen molar-refractivity contribution in [3.63, 3.8) is 0 Å². The van der Waals surface area contributed by atoms with Crippen LogP contribution in [0.5, 0.6) is 0 Å². The maximum atomic E-state index is 8.51. The van der Waals surface area contributed by atoms with Crippen molar-refractivity contribution in [2.75, 3.05) is 0 Å². The van der Waals surface area contributed by atoms with Crippen LogP contribution in [0.4, 0.5) is 5.69 Å². The number of hydrogen-bond acceptors (Lipinski definition) is 1. The fraction of sp³-hybridized carbons (Fsp3) is 0.286. The minimum Gasteiger partial charge on any atom is -0.238 e. The Morgan fingerprint density at radius 3 is 2.56 bits per heavy atom. The van der Waals surface area contributed by atoms with Crippen molar-refractivity contribution < 1.29 is 0 Å². The molecular weight excluding hydrogens is 196 g/mol. The lowest BCUT2D eigenvalue weighted by molar-refractivity contribution is 0.590. The summed E-state index contributed by atoms with van der Waals surface area (Å²) in [5.41, 5.74) is 2.61. The summed E-state index contributed by atoms with van der Waals surface area (Å²) in [7, 11) is 0. The normalized spacial score (nSPS) is 11.1. The van der Waals surface area contributed by atoms with E-state index in [9.17, 15) is 0 Å². The van der Waals surface area contributed by atoms with Crippen LogP contribution in [0.25, 0.3) is 10.9 Å². The summed E-state index contributed by atoms with van der Waals surface area (Å²) in [5, 5.41) is 8.51. The third kappa shape index (κ3) is 2.72. The molecule has 0 fully saturated rings. The van der Waals surface area contributed by atoms with Gasteiger partial charge in [-0.3, -0.25) is 0 Å². The zero-order valence-corrected chi connectivity index (χ0v) is 9.78. The van der Waals surface area contributed by atoms with Crippen LogP contribution in [0.1, 0.15) is 31.9 Å². The Hall–Kier alpha value is -2.06. The van der Waals surface area contributed by atoms with Gasteiger partial charge in [-0.1, -0.05) is 45.0 Å². The highest BCUT2D eigenvalue weighted by Gasteiger charge is 2.14. The molecule has 1 aromatic rings. The first-order chi connectivity index (χ1) is 7.49. The molecule has 16 heavy (non-hydrogen) atoms. The van der Waals surface area contributed by atoms with Gasteiger partial charge in [0.1, 0.15) is 0 Å². The quantitative estimate of drug-likeness (QED) is 0.507. The van der Waals surface area contributed by atoms with Gasteiger partial charge < -0.3 is 0 Å². The van der Waals surface area contributed by atoms with Crippen LogP contribution in [0.3, 0.4) is 0 Å². The van der Waals surface area contributed by atoms with Crippen LogP contribution >= 0.6 is 0 Å². The first kappa shape index (κ1) is 12.0. The largest absolute Gasteiger partial charge is 0.238 e. The zero-order chi connectivity index (χ0) is 12.2. The monoisotopic (exact) mass is 210 g/mol. The maximum Gasteiger partial charge on any atom is 0.194 e. The second kappa shape index (κ2) is 4.64. The number of nitriles is 1. The summed E-state index contributed by atoms with van der Waals surface area (Å²) < 4.78 is 0. The lowest BCUT2D eigenvalue weighted by Gasteiger charge is -2.19. The van der Waals surface area contributed by atoms with Crippen molar-refractivity contribution in [2.45, 2.75) is 26.2 Å². The fourth-order valence-corrected chi connectivity index (χ4v) is 1.38. The molecule has 0 spiro atoms. The average Bonchev–Trinajstić information content (AvgIpc) is 2.24. The lowest BCUT2D eigenvalue weighted by atomic mass is 9.86. The number of hydrogen-bond donors (Lipinski definition) is 0. The number of nitrogens with zero attached hydrogens (tertiary/aromatic N) is 2. The first-order valence-electron chi connectivity index (χ1n) is 5.07. The summed E-state index contributed by atoms with van der Waals surface area (Å²) in [6.45, 7) is 13.4. The molecule has 0 aliphatic rings. The van der Waals surface area contributed by atoms with E-state index in [1.54, 1.807) is 6.08 Å². The van der Waals surface area contributed by atoms with Crippen LogP contribution in [0.15, 0.2) is 24.3 Å². The highest BCUT2D eigenvalue weighted by Crippen LogP contribution is 2.28. The summed E-state index contributed by atoms with van der Waals surface area (Å²) in [6.07, 6.45) is 3.08. The molecule has 0 N–H and O–H groups in total. The molecule has 0 aliphatic heterocycles. The number of allylic oxidation sites excluding steroid dienone is 1. The molecule has 2 nitrogen and oxygen atoms in total. The van der Waals surface area contributed by atoms with Gasteiger partial charge in [-0.05, 0) is 16.5 Å². The predicted molar refractivity (Wildman–Crippen MR) is 66.1 cm³/mol. The van der Waals surface area contributed by atoms with E-state index in [4.69, 9.17) is 11.8 Å². The van der Waals surface area contributed by atoms with Crippen LogP contribution in [0, 0.1) is 17.9 Å². The minimum atomic E-state index is 0.0514. The van der Waals surface area contributed by atoms with Gasteiger partial charge in [0.2, 0.25) is 0 Å². The van der Waals surface area contributed by atoms with Gasteiger partial charge in [-0.25, -0.2) is 4.85 Å². The topological polar surface area (TPSA) is 28.1 Å². The molecule has 0 atom stereocenters. The van der Waals surface area contributed by atoms with E-state index < -0.39 is 0 Å². The van der Waals surface area contributed by atoms with E-state index in [1.807, 2.05) is 24.3 Å². The molecule has 2 heteroatoms. The van der Waals surface area contributed by atoms with Crippen LogP contribution in [-0.4, -0.2) is 0 Å². The first-order valence-corrected chi connectivity index (χ1v) is 5.07. The summed E-state index contributed by atoms with van der Waals surface area (Å²) in [5.74, 6) is 0. The molecule has 1 rings (SSSR count). The van der Waals surface area contributed by atoms with E-state index in [2.05, 4.69) is 25.6 Å². The molecule has 0 heterocycles. The zero-order valence-electron chi connectivity index (χ0n) is 9.78. The Balaban J connectivity index is 3.30. The maximum absolute atomic E-state index is 8.51. The van der Waals surface area contributed by atoms with E-state index in [0.29, 0.717) is 5.69 Å². The van der Waals surface area contributed by atoms with Gasteiger partial charge in [0.05, 0.1) is 12.6 Å². The summed E-state index contributed by atoms with van der Waals surface area (Å²) >= 11 is 0. The number of rotatable bonds is 1. The predicted octanol–water partition coefficient (Wildman–Crippen LogP) is 4.07. The highest BCUT2D eigenvalue weighted by molar-refractivity contribution is 5.69. The molecule has 0 aliphatic carbocycles. The van der Waals surface area contributed by atoms with Crippen molar-refractivity contribution in [3.05, 3.63) is 46.8 Å². The molecule has 0 radical (unpaired) electrons. The van der Waals surface area contributed by atoms with Crippen LogP contribution < -0.4 is 0 Å². The minimum absolute atomic E-state index is 0.0514. The summed E-state index contributed by atoms with van der Waals surface area (Å²) in [6, 6.07) is 7.70. The van der Waals surface area contributed by atoms with Gasteiger partial charge in [0, 0.05) is 6.08 Å². The Morgan fingerprint density at radius 2 is 2.06 bits per heavy atom. The Labute approximate surface area is 96.7 Å². The standard InChI is InChI=1S/C14H14N2/c1-14(2,3)12-7-8-13(16-4)11(10-12)6-5-9-15/h5-8,10H,1-3H3. The van der Waals surface area contributed by atoms with Gasteiger partial charge in [0.15, 0.2) is 5.69 Å². The van der Waals surface area contributed by atoms with E-state index in [0.717, 1.165) is 11.1 Å². The molecule has 0 saturated heterocycles. The van der Waals surface area contributed by atoms with Gasteiger partial charge in [-0.2, -0.15) is 5.26 Å². The van der Waals surface area contributed by atoms with E-state index in [1.165, 1.54) is 6.08 Å². The molecule has 0 unspecified atom stereocenters. The number of benzene rings is 1. The lowest BCUT2D eigenvalue weighted by Crippen LogP contribution is -2.10. The van der Waals surface area contributed by atoms with Crippen LogP contribution in [-0.2, 0) is 5.41 Å². The van der Waals surface area contributed by atoms with Crippen molar-refractivity contribution in [3.8, 4) is 6.07 Å². The third-order valence-corrected chi connectivity index (χ3v) is 2.35. The molecule has 1 aromatic carbocycles. The Bertz CT molecular complexity index is 491. The van der Waals surface area contributed by atoms with Gasteiger partial charge in [-0.15, -0.1) is 0 Å². The molecular formula is C14H14N2. The fourth-order valence-electron chi connectivity index (χ4n) is 1.38. The second-order valence-corrected chi connectivity index (χ2v) is 4.60. The third-order valence-electron chi connectivity index (χ3n) is 2.35. The highest BCUT2D eigenvalue weighted by atomic mass is 14.6. The smallest absolute Gasteiger partial charge is 0.194 e. The SMILES string of the molecule is [C-]#[N+]c1ccc(C(C)(C)C)cc1C=CC#N. The molecule has 0 amide bonds. The van der Waals surface area contributed by atoms with Crippen molar-refractivity contribution in [2.24, 2.45) is 0 Å². The molecule has 0 aromatic heterocycles. The Kier molecular flexibility index (Phi) is 3.48. The van der Waals surface area contributed by atoms with Crippen molar-refractivity contribution >= 4 is 11.8 Å². The van der Waals surface area contributed by atoms with Crippen LogP contribution in [0.2, 0.25) is 0 Å². The van der Waals surface area contributed by atoms with E-state index >= 15 is 0 Å². The molecule has 0 bridgehead atoms. The summed E-state index contributed by atoms with van der Waals surface area (Å²) in [4.78, 5) is 3.44. The van der Waals surface area contributed by atoms with E-state index in [-0.39, 0.29) is 5.41 Å². The second-order valence-electron chi connectivity index (χ2n) is 4.60. The molecule has 80 valence electrons. The molecule has 0 saturated carbocycles.